The van der Waals surface area contributed by atoms with E-state index in [1.807, 2.05) is 21.7 Å². The number of hydrogen-bond acceptors (Lipinski definition) is 2. The minimum atomic E-state index is -0.250. The lowest BCUT2D eigenvalue weighted by molar-refractivity contribution is 0.0295. The Morgan fingerprint density at radius 2 is 2.20 bits per heavy atom. The highest BCUT2D eigenvalue weighted by molar-refractivity contribution is 6.11. The van der Waals surface area contributed by atoms with Crippen molar-refractivity contribution in [3.63, 3.8) is 0 Å². The molecule has 0 bridgehead atoms. The second-order valence-electron chi connectivity index (χ2n) is 3.14. The maximum atomic E-state index is 9.50. The maximum absolute atomic E-state index is 9.50. The van der Waals surface area contributed by atoms with Crippen LogP contribution in [0.3, 0.4) is 0 Å². The van der Waals surface area contributed by atoms with Crippen molar-refractivity contribution in [3.05, 3.63) is 0 Å². The number of hydrogen-bond donors (Lipinski definition) is 1. The van der Waals surface area contributed by atoms with E-state index in [-0.39, 0.29) is 18.2 Å². The molecule has 0 aromatic rings. The normalized spacial score (nSPS) is 47.9. The summed E-state index contributed by atoms with van der Waals surface area (Å²) < 4.78 is 5.48. The zero-order valence-corrected chi connectivity index (χ0v) is 6.87. The van der Waals surface area contributed by atoms with E-state index in [1.54, 1.807) is 0 Å². The molecule has 1 rings (SSSR count). The van der Waals surface area contributed by atoms with Gasteiger partial charge in [0.1, 0.15) is 7.85 Å². The zero-order chi connectivity index (χ0) is 7.72. The predicted octanol–water partition coefficient (Wildman–Crippen LogP) is -0.249. The first-order valence-corrected chi connectivity index (χ1v) is 4.00. The molecule has 58 valence electrons. The van der Waals surface area contributed by atoms with Gasteiger partial charge in [0.15, 0.2) is 0 Å². The molecule has 0 aromatic carbocycles. The van der Waals surface area contributed by atoms with Gasteiger partial charge in [-0.25, -0.2) is 0 Å². The van der Waals surface area contributed by atoms with Crippen LogP contribution in [0.4, 0.5) is 0 Å². The first-order chi connectivity index (χ1) is 4.66. The first-order valence-electron chi connectivity index (χ1n) is 4.00. The maximum Gasteiger partial charge on any atom is 0.139 e. The van der Waals surface area contributed by atoms with Gasteiger partial charge in [-0.15, -0.1) is 0 Å². The van der Waals surface area contributed by atoms with Crippen LogP contribution >= 0.6 is 0 Å². The van der Waals surface area contributed by atoms with Gasteiger partial charge in [0, 0.05) is 11.9 Å². The van der Waals surface area contributed by atoms with Crippen LogP contribution in [0, 0.1) is 5.92 Å². The molecule has 3 heteroatoms. The van der Waals surface area contributed by atoms with Crippen LogP contribution in [0.2, 0.25) is 0 Å². The van der Waals surface area contributed by atoms with Crippen molar-refractivity contribution in [1.82, 2.24) is 0 Å². The molecule has 0 saturated carbocycles. The van der Waals surface area contributed by atoms with Crippen molar-refractivity contribution in [2.24, 2.45) is 5.92 Å². The van der Waals surface area contributed by atoms with E-state index < -0.39 is 0 Å². The fraction of sp³-hybridized carbons (Fsp3) is 1.00. The van der Waals surface area contributed by atoms with Crippen molar-refractivity contribution < 1.29 is 9.84 Å². The molecule has 1 fully saturated rings. The molecule has 4 atom stereocenters. The molecule has 0 radical (unpaired) electrons. The van der Waals surface area contributed by atoms with Crippen LogP contribution < -0.4 is 0 Å². The van der Waals surface area contributed by atoms with E-state index in [0.717, 1.165) is 6.42 Å². The lowest BCUT2D eigenvalue weighted by Crippen LogP contribution is -2.24. The summed E-state index contributed by atoms with van der Waals surface area (Å²) in [5, 5.41) is 9.50. The van der Waals surface area contributed by atoms with Gasteiger partial charge in [0.2, 0.25) is 0 Å². The van der Waals surface area contributed by atoms with Crippen molar-refractivity contribution in [3.8, 4) is 0 Å². The third-order valence-electron chi connectivity index (χ3n) is 2.45. The molecular weight excluding hydrogens is 127 g/mol. The van der Waals surface area contributed by atoms with Gasteiger partial charge < -0.3 is 9.84 Å². The molecule has 1 saturated heterocycles. The Hall–Kier alpha value is -0.0151. The number of ether oxygens (including phenoxy) is 1. The molecule has 10 heavy (non-hydrogen) atoms. The first kappa shape index (κ1) is 8.09. The van der Waals surface area contributed by atoms with E-state index in [4.69, 9.17) is 4.74 Å². The van der Waals surface area contributed by atoms with E-state index in [1.165, 1.54) is 0 Å². The van der Waals surface area contributed by atoms with Crippen molar-refractivity contribution >= 4 is 7.85 Å². The molecule has 2 nitrogen and oxygen atoms in total. The van der Waals surface area contributed by atoms with Crippen LogP contribution in [-0.4, -0.2) is 31.2 Å². The lowest BCUT2D eigenvalue weighted by atomic mass is 9.86. The summed E-state index contributed by atoms with van der Waals surface area (Å²) in [6, 6.07) is 0.222. The quantitative estimate of drug-likeness (QED) is 0.511. The average Bonchev–Trinajstić information content (AvgIpc) is 2.17. The molecule has 1 aliphatic heterocycles. The average molecular weight is 142 g/mol. The van der Waals surface area contributed by atoms with E-state index >= 15 is 0 Å². The van der Waals surface area contributed by atoms with E-state index in [0.29, 0.717) is 5.92 Å². The summed E-state index contributed by atoms with van der Waals surface area (Å²) in [6.45, 7) is 4.07. The van der Waals surface area contributed by atoms with Crippen molar-refractivity contribution in [2.45, 2.75) is 38.5 Å². The Morgan fingerprint density at radius 3 is 2.40 bits per heavy atom. The number of aliphatic hydroxyl groups is 1. The summed E-state index contributed by atoms with van der Waals surface area (Å²) in [7, 11) is 2.02. The second kappa shape index (κ2) is 2.93. The minimum absolute atomic E-state index is 0.0741. The highest BCUT2D eigenvalue weighted by atomic mass is 16.5. The zero-order valence-electron chi connectivity index (χ0n) is 6.87. The smallest absolute Gasteiger partial charge is 0.139 e. The summed E-state index contributed by atoms with van der Waals surface area (Å²) in [5.41, 5.74) is 0. The van der Waals surface area contributed by atoms with Gasteiger partial charge >= 0.3 is 0 Å². The largest absolute Gasteiger partial charge is 0.390 e. The van der Waals surface area contributed by atoms with Gasteiger partial charge in [0.25, 0.3) is 0 Å². The number of aliphatic hydroxyl groups excluding tert-OH is 1. The Balaban J connectivity index is 2.53. The van der Waals surface area contributed by atoms with Gasteiger partial charge in [-0.05, 0) is 6.42 Å². The lowest BCUT2D eigenvalue weighted by Gasteiger charge is -2.11. The molecule has 0 amide bonds. The third kappa shape index (κ3) is 1.20. The monoisotopic (exact) mass is 142 g/mol. The van der Waals surface area contributed by atoms with Crippen LogP contribution in [0.1, 0.15) is 20.3 Å². The molecule has 1 N–H and O–H groups in total. The van der Waals surface area contributed by atoms with Gasteiger partial charge in [0.05, 0.1) is 12.2 Å². The Labute approximate surface area is 63.0 Å². The van der Waals surface area contributed by atoms with Crippen LogP contribution in [0.25, 0.3) is 0 Å². The molecule has 0 unspecified atom stereocenters. The highest BCUT2D eigenvalue weighted by Crippen LogP contribution is 2.26. The predicted molar refractivity (Wildman–Crippen MR) is 42.7 cm³/mol. The molecular formula is C7H15BO2. The number of rotatable bonds is 1. The molecule has 0 aromatic heterocycles. The van der Waals surface area contributed by atoms with E-state index in [2.05, 4.69) is 0 Å². The van der Waals surface area contributed by atoms with E-state index in [9.17, 15) is 5.11 Å². The van der Waals surface area contributed by atoms with Crippen molar-refractivity contribution in [1.29, 1.82) is 0 Å². The SMILES string of the molecule is B[C@@H]1O[C@H](CC)[C@@H](O)[C@H]1C. The van der Waals surface area contributed by atoms with Gasteiger partial charge in [-0.2, -0.15) is 0 Å². The Morgan fingerprint density at radius 1 is 1.60 bits per heavy atom. The summed E-state index contributed by atoms with van der Waals surface area (Å²) in [5.74, 6) is 0.296. The van der Waals surface area contributed by atoms with Gasteiger partial charge in [-0.3, -0.25) is 0 Å². The van der Waals surface area contributed by atoms with Crippen molar-refractivity contribution in [2.75, 3.05) is 0 Å². The molecule has 0 spiro atoms. The Bertz CT molecular complexity index is 118. The summed E-state index contributed by atoms with van der Waals surface area (Å²) in [6.07, 6.45) is 0.737. The van der Waals surface area contributed by atoms with Gasteiger partial charge in [-0.1, -0.05) is 13.8 Å². The van der Waals surface area contributed by atoms with Crippen LogP contribution in [0.15, 0.2) is 0 Å². The Kier molecular flexibility index (Phi) is 2.37. The molecule has 1 aliphatic rings. The van der Waals surface area contributed by atoms with Crippen LogP contribution in [-0.2, 0) is 4.74 Å². The topological polar surface area (TPSA) is 29.5 Å². The standard InChI is InChI=1S/C7H15BO2/c1-3-5-6(9)4(2)7(8)10-5/h4-7,9H,3,8H2,1-2H3/t4-,5-,6+,7-/m1/s1. The minimum Gasteiger partial charge on any atom is -0.390 e. The third-order valence-corrected chi connectivity index (χ3v) is 2.45. The second-order valence-corrected chi connectivity index (χ2v) is 3.14. The summed E-state index contributed by atoms with van der Waals surface area (Å²) >= 11 is 0. The highest BCUT2D eigenvalue weighted by Gasteiger charge is 2.36. The van der Waals surface area contributed by atoms with Crippen LogP contribution in [0.5, 0.6) is 0 Å². The fourth-order valence-electron chi connectivity index (χ4n) is 1.43. The summed E-state index contributed by atoms with van der Waals surface area (Å²) in [4.78, 5) is 0. The molecule has 1 heterocycles. The fourth-order valence-corrected chi connectivity index (χ4v) is 1.43. The molecule has 0 aliphatic carbocycles.